The van der Waals surface area contributed by atoms with E-state index in [2.05, 4.69) is 5.10 Å². The number of nitrogens with zero attached hydrogens (tertiary/aromatic N) is 2. The first-order chi connectivity index (χ1) is 8.60. The Morgan fingerprint density at radius 2 is 2.28 bits per heavy atom. The number of hydrogen-bond donors (Lipinski definition) is 1. The number of aromatic carboxylic acids is 1. The lowest BCUT2D eigenvalue weighted by atomic mass is 10.1. The highest BCUT2D eigenvalue weighted by atomic mass is 16.5. The van der Waals surface area contributed by atoms with E-state index in [1.54, 1.807) is 11.8 Å². The van der Waals surface area contributed by atoms with Crippen LogP contribution in [0.3, 0.4) is 0 Å². The molecular formula is C13H14N2O3. The molecule has 0 aliphatic heterocycles. The third-order valence-electron chi connectivity index (χ3n) is 2.65. The molecule has 0 radical (unpaired) electrons. The van der Waals surface area contributed by atoms with Gasteiger partial charge < -0.3 is 9.84 Å². The lowest BCUT2D eigenvalue weighted by Crippen LogP contribution is -2.03. The van der Waals surface area contributed by atoms with Crippen LogP contribution in [0.25, 0.3) is 0 Å². The number of carboxylic acids is 1. The average Bonchev–Trinajstić information content (AvgIpc) is 2.78. The summed E-state index contributed by atoms with van der Waals surface area (Å²) in [5, 5.41) is 12.8. The van der Waals surface area contributed by atoms with Crippen LogP contribution in [0.2, 0.25) is 0 Å². The molecule has 1 heterocycles. The molecule has 0 aliphatic carbocycles. The lowest BCUT2D eigenvalue weighted by molar-refractivity contribution is 0.0697. The number of aryl methyl sites for hydroxylation is 1. The van der Waals surface area contributed by atoms with E-state index in [1.165, 1.54) is 12.4 Å². The number of ether oxygens (including phenoxy) is 1. The molecule has 0 aliphatic rings. The number of rotatable bonds is 4. The van der Waals surface area contributed by atoms with Crippen molar-refractivity contribution in [2.75, 3.05) is 7.11 Å². The molecule has 5 nitrogen and oxygen atoms in total. The molecule has 0 atom stereocenters. The van der Waals surface area contributed by atoms with Crippen molar-refractivity contribution >= 4 is 5.97 Å². The predicted molar refractivity (Wildman–Crippen MR) is 66.0 cm³/mol. The summed E-state index contributed by atoms with van der Waals surface area (Å²) in [4.78, 5) is 10.8. The van der Waals surface area contributed by atoms with Gasteiger partial charge in [-0.1, -0.05) is 17.7 Å². The summed E-state index contributed by atoms with van der Waals surface area (Å²) in [7, 11) is 1.61. The molecule has 94 valence electrons. The zero-order chi connectivity index (χ0) is 13.1. The van der Waals surface area contributed by atoms with Gasteiger partial charge in [0.2, 0.25) is 0 Å². The van der Waals surface area contributed by atoms with Crippen LogP contribution in [0.1, 0.15) is 21.5 Å². The Morgan fingerprint density at radius 1 is 1.50 bits per heavy atom. The summed E-state index contributed by atoms with van der Waals surface area (Å²) >= 11 is 0. The molecule has 0 bridgehead atoms. The monoisotopic (exact) mass is 246 g/mol. The van der Waals surface area contributed by atoms with E-state index in [9.17, 15) is 4.79 Å². The Balaban J connectivity index is 2.27. The molecule has 5 heteroatoms. The van der Waals surface area contributed by atoms with Crippen LogP contribution >= 0.6 is 0 Å². The van der Waals surface area contributed by atoms with E-state index < -0.39 is 5.97 Å². The van der Waals surface area contributed by atoms with Crippen LogP contribution in [0.4, 0.5) is 0 Å². The van der Waals surface area contributed by atoms with Gasteiger partial charge in [-0.3, -0.25) is 4.68 Å². The molecule has 0 saturated carbocycles. The predicted octanol–water partition coefficient (Wildman–Crippen LogP) is 1.95. The lowest BCUT2D eigenvalue weighted by Gasteiger charge is -2.09. The Hall–Kier alpha value is -2.30. The first-order valence-electron chi connectivity index (χ1n) is 5.49. The summed E-state index contributed by atoms with van der Waals surface area (Å²) in [6.45, 7) is 2.48. The fraction of sp³-hybridized carbons (Fsp3) is 0.231. The third kappa shape index (κ3) is 2.51. The van der Waals surface area contributed by atoms with Crippen LogP contribution in [0, 0.1) is 6.92 Å². The normalized spacial score (nSPS) is 10.3. The van der Waals surface area contributed by atoms with Gasteiger partial charge in [0.05, 0.1) is 25.4 Å². The molecule has 2 aromatic rings. The van der Waals surface area contributed by atoms with E-state index >= 15 is 0 Å². The molecule has 0 amide bonds. The van der Waals surface area contributed by atoms with E-state index in [0.29, 0.717) is 6.54 Å². The quantitative estimate of drug-likeness (QED) is 0.895. The second-order valence-corrected chi connectivity index (χ2v) is 4.05. The fourth-order valence-corrected chi connectivity index (χ4v) is 1.77. The number of hydrogen-bond acceptors (Lipinski definition) is 3. The highest BCUT2D eigenvalue weighted by molar-refractivity contribution is 5.86. The van der Waals surface area contributed by atoms with Crippen molar-refractivity contribution in [2.24, 2.45) is 0 Å². The second-order valence-electron chi connectivity index (χ2n) is 4.05. The Kier molecular flexibility index (Phi) is 3.32. The van der Waals surface area contributed by atoms with Gasteiger partial charge in [-0.05, 0) is 13.0 Å². The zero-order valence-electron chi connectivity index (χ0n) is 10.3. The van der Waals surface area contributed by atoms with Gasteiger partial charge in [-0.15, -0.1) is 0 Å². The molecule has 0 unspecified atom stereocenters. The van der Waals surface area contributed by atoms with Crippen molar-refractivity contribution in [3.63, 3.8) is 0 Å². The number of carboxylic acid groups (broad SMARTS) is 1. The highest BCUT2D eigenvalue weighted by Crippen LogP contribution is 2.20. The minimum Gasteiger partial charge on any atom is -0.496 e. The summed E-state index contributed by atoms with van der Waals surface area (Å²) in [5.41, 5.74) is 2.27. The minimum atomic E-state index is -0.975. The number of methoxy groups -OCH3 is 1. The van der Waals surface area contributed by atoms with Gasteiger partial charge in [0.1, 0.15) is 5.75 Å². The standard InChI is InChI=1S/C13H14N2O3/c1-9-3-4-12(18-2)10(5-9)7-15-8-11(6-14-15)13(16)17/h3-6,8H,7H2,1-2H3,(H,16,17). The smallest absolute Gasteiger partial charge is 0.338 e. The molecule has 0 fully saturated rings. The van der Waals surface area contributed by atoms with Gasteiger partial charge in [0, 0.05) is 11.8 Å². The average molecular weight is 246 g/mol. The first kappa shape index (κ1) is 12.2. The molecule has 1 aromatic heterocycles. The maximum Gasteiger partial charge on any atom is 0.338 e. The molecule has 1 N–H and O–H groups in total. The Morgan fingerprint density at radius 3 is 2.89 bits per heavy atom. The van der Waals surface area contributed by atoms with Crippen molar-refractivity contribution in [1.29, 1.82) is 0 Å². The molecule has 18 heavy (non-hydrogen) atoms. The molecule has 1 aromatic carbocycles. The van der Waals surface area contributed by atoms with Crippen LogP contribution in [0.5, 0.6) is 5.75 Å². The van der Waals surface area contributed by atoms with Crippen molar-refractivity contribution in [2.45, 2.75) is 13.5 Å². The topological polar surface area (TPSA) is 64.3 Å². The molecule has 0 spiro atoms. The van der Waals surface area contributed by atoms with Gasteiger partial charge in [0.25, 0.3) is 0 Å². The maximum atomic E-state index is 10.8. The minimum absolute atomic E-state index is 0.182. The zero-order valence-corrected chi connectivity index (χ0v) is 10.3. The number of aromatic nitrogens is 2. The fourth-order valence-electron chi connectivity index (χ4n) is 1.77. The van der Waals surface area contributed by atoms with E-state index in [4.69, 9.17) is 9.84 Å². The summed E-state index contributed by atoms with van der Waals surface area (Å²) in [6, 6.07) is 5.86. The summed E-state index contributed by atoms with van der Waals surface area (Å²) in [5.74, 6) is -0.203. The van der Waals surface area contributed by atoms with E-state index in [-0.39, 0.29) is 5.56 Å². The van der Waals surface area contributed by atoms with Crippen LogP contribution in [-0.4, -0.2) is 28.0 Å². The van der Waals surface area contributed by atoms with Gasteiger partial charge in [-0.25, -0.2) is 4.79 Å². The van der Waals surface area contributed by atoms with Crippen molar-refractivity contribution in [1.82, 2.24) is 9.78 Å². The van der Waals surface area contributed by atoms with E-state index in [0.717, 1.165) is 16.9 Å². The molecular weight excluding hydrogens is 232 g/mol. The number of benzene rings is 1. The van der Waals surface area contributed by atoms with Crippen molar-refractivity contribution in [3.8, 4) is 5.75 Å². The van der Waals surface area contributed by atoms with Gasteiger partial charge in [-0.2, -0.15) is 5.10 Å². The first-order valence-corrected chi connectivity index (χ1v) is 5.49. The van der Waals surface area contributed by atoms with Gasteiger partial charge in [0.15, 0.2) is 0 Å². The Bertz CT molecular complexity index is 575. The highest BCUT2D eigenvalue weighted by Gasteiger charge is 2.08. The van der Waals surface area contributed by atoms with Crippen LogP contribution in [0.15, 0.2) is 30.6 Å². The molecule has 0 saturated heterocycles. The molecule has 2 rings (SSSR count). The van der Waals surface area contributed by atoms with Crippen molar-refractivity contribution in [3.05, 3.63) is 47.3 Å². The summed E-state index contributed by atoms with van der Waals surface area (Å²) < 4.78 is 6.85. The Labute approximate surface area is 105 Å². The van der Waals surface area contributed by atoms with Crippen LogP contribution in [-0.2, 0) is 6.54 Å². The van der Waals surface area contributed by atoms with E-state index in [1.807, 2.05) is 25.1 Å². The third-order valence-corrected chi connectivity index (χ3v) is 2.65. The number of carbonyl (C=O) groups is 1. The summed E-state index contributed by atoms with van der Waals surface area (Å²) in [6.07, 6.45) is 2.84. The van der Waals surface area contributed by atoms with Crippen molar-refractivity contribution < 1.29 is 14.6 Å². The SMILES string of the molecule is COc1ccc(C)cc1Cn1cc(C(=O)O)cn1. The largest absolute Gasteiger partial charge is 0.496 e. The maximum absolute atomic E-state index is 10.8. The second kappa shape index (κ2) is 4.91. The van der Waals surface area contributed by atoms with Gasteiger partial charge >= 0.3 is 5.97 Å². The van der Waals surface area contributed by atoms with Crippen LogP contribution < -0.4 is 4.74 Å².